The van der Waals surface area contributed by atoms with E-state index < -0.39 is 0 Å². The molecule has 3 rings (SSSR count). The maximum absolute atomic E-state index is 5.47. The lowest BCUT2D eigenvalue weighted by Crippen LogP contribution is -2.48. The normalized spacial score (nSPS) is 18.0. The third-order valence-corrected chi connectivity index (χ3v) is 5.75. The van der Waals surface area contributed by atoms with Crippen molar-refractivity contribution in [2.24, 2.45) is 4.99 Å². The molecule has 2 N–H and O–H groups in total. The molecular weight excluding hydrogens is 362 g/mol. The lowest BCUT2D eigenvalue weighted by atomic mass is 10.0. The molecule has 0 saturated carbocycles. The van der Waals surface area contributed by atoms with Gasteiger partial charge in [0.25, 0.3) is 0 Å². The Morgan fingerprint density at radius 3 is 2.72 bits per heavy atom. The number of hydrogen-bond acceptors (Lipinski definition) is 4. The molecule has 1 fully saturated rings. The number of nitrogens with one attached hydrogen (secondary N) is 2. The molecule has 1 aromatic carbocycles. The van der Waals surface area contributed by atoms with Gasteiger partial charge < -0.3 is 15.2 Å². The van der Waals surface area contributed by atoms with E-state index in [2.05, 4.69) is 69.9 Å². The van der Waals surface area contributed by atoms with Gasteiger partial charge in [-0.3, -0.25) is 9.89 Å². The van der Waals surface area contributed by atoms with Crippen LogP contribution in [0.1, 0.15) is 55.7 Å². The molecule has 2 heterocycles. The molecule has 2 aromatic rings. The summed E-state index contributed by atoms with van der Waals surface area (Å²) in [6.45, 7) is 7.97. The molecule has 0 radical (unpaired) electrons. The molecule has 6 heteroatoms. The second kappa shape index (κ2) is 11.0. The second-order valence-corrected chi connectivity index (χ2v) is 7.65. The number of piperidine rings is 1. The summed E-state index contributed by atoms with van der Waals surface area (Å²) in [4.78, 5) is 7.02. The van der Waals surface area contributed by atoms with Crippen molar-refractivity contribution >= 4 is 5.96 Å². The van der Waals surface area contributed by atoms with Crippen LogP contribution in [0.2, 0.25) is 0 Å². The Labute approximate surface area is 174 Å². The molecule has 1 atom stereocenters. The zero-order valence-electron chi connectivity index (χ0n) is 18.1. The molecule has 1 unspecified atom stereocenters. The zero-order valence-corrected chi connectivity index (χ0v) is 18.1. The Bertz CT molecular complexity index is 749. The molecule has 1 saturated heterocycles. The lowest BCUT2D eigenvalue weighted by molar-refractivity contribution is 0.141. The molecule has 158 valence electrons. The minimum atomic E-state index is 0.524. The average molecular weight is 398 g/mol. The van der Waals surface area contributed by atoms with Gasteiger partial charge in [-0.05, 0) is 31.4 Å². The summed E-state index contributed by atoms with van der Waals surface area (Å²) in [5.41, 5.74) is 3.58. The SMILES string of the molecule is CCc1noc(CC)c1CNC(=NC)NCC1CCCCN1Cc1ccccc1. The summed E-state index contributed by atoms with van der Waals surface area (Å²) in [5, 5.41) is 11.2. The number of benzene rings is 1. The predicted molar refractivity (Wildman–Crippen MR) is 118 cm³/mol. The van der Waals surface area contributed by atoms with Gasteiger partial charge in [0.15, 0.2) is 5.96 Å². The highest BCUT2D eigenvalue weighted by molar-refractivity contribution is 5.79. The fourth-order valence-corrected chi connectivity index (χ4v) is 4.06. The molecule has 6 nitrogen and oxygen atoms in total. The molecule has 1 aliphatic heterocycles. The van der Waals surface area contributed by atoms with Crippen LogP contribution in [-0.2, 0) is 25.9 Å². The van der Waals surface area contributed by atoms with Gasteiger partial charge in [0.1, 0.15) is 5.76 Å². The largest absolute Gasteiger partial charge is 0.361 e. The molecule has 0 aliphatic carbocycles. The number of aryl methyl sites for hydroxylation is 2. The summed E-state index contributed by atoms with van der Waals surface area (Å²) in [5.74, 6) is 1.80. The van der Waals surface area contributed by atoms with E-state index in [4.69, 9.17) is 4.52 Å². The monoisotopic (exact) mass is 397 g/mol. The summed E-state index contributed by atoms with van der Waals surface area (Å²) in [6.07, 6.45) is 5.53. The molecule has 29 heavy (non-hydrogen) atoms. The van der Waals surface area contributed by atoms with E-state index in [9.17, 15) is 0 Å². The minimum Gasteiger partial charge on any atom is -0.361 e. The van der Waals surface area contributed by atoms with Crippen LogP contribution in [0.5, 0.6) is 0 Å². The minimum absolute atomic E-state index is 0.524. The van der Waals surface area contributed by atoms with Crippen LogP contribution < -0.4 is 10.6 Å². The summed E-state index contributed by atoms with van der Waals surface area (Å²) in [6, 6.07) is 11.3. The number of aliphatic imine (C=N–C) groups is 1. The highest BCUT2D eigenvalue weighted by Crippen LogP contribution is 2.19. The van der Waals surface area contributed by atoms with Gasteiger partial charge >= 0.3 is 0 Å². The number of likely N-dealkylation sites (tertiary alicyclic amines) is 1. The van der Waals surface area contributed by atoms with Gasteiger partial charge in [0.2, 0.25) is 0 Å². The number of guanidine groups is 1. The Balaban J connectivity index is 1.54. The van der Waals surface area contributed by atoms with Crippen molar-refractivity contribution in [3.8, 4) is 0 Å². The maximum Gasteiger partial charge on any atom is 0.191 e. The van der Waals surface area contributed by atoms with Gasteiger partial charge in [-0.25, -0.2) is 0 Å². The van der Waals surface area contributed by atoms with Gasteiger partial charge in [0, 0.05) is 44.7 Å². The topological polar surface area (TPSA) is 65.7 Å². The van der Waals surface area contributed by atoms with Gasteiger partial charge in [-0.2, -0.15) is 0 Å². The van der Waals surface area contributed by atoms with E-state index in [1.54, 1.807) is 0 Å². The van der Waals surface area contributed by atoms with Crippen LogP contribution in [0, 0.1) is 0 Å². The number of rotatable bonds is 8. The Morgan fingerprint density at radius 1 is 1.17 bits per heavy atom. The van der Waals surface area contributed by atoms with Crippen molar-refractivity contribution in [1.29, 1.82) is 0 Å². The molecule has 1 aromatic heterocycles. The Kier molecular flexibility index (Phi) is 8.11. The number of hydrogen-bond donors (Lipinski definition) is 2. The average Bonchev–Trinajstić information content (AvgIpc) is 3.17. The number of aromatic nitrogens is 1. The maximum atomic E-state index is 5.47. The third kappa shape index (κ3) is 5.82. The highest BCUT2D eigenvalue weighted by Gasteiger charge is 2.22. The first-order chi connectivity index (χ1) is 14.2. The lowest BCUT2D eigenvalue weighted by Gasteiger charge is -2.36. The predicted octanol–water partition coefficient (Wildman–Crippen LogP) is 3.52. The van der Waals surface area contributed by atoms with Crippen LogP contribution >= 0.6 is 0 Å². The summed E-state index contributed by atoms with van der Waals surface area (Å²) < 4.78 is 5.47. The quantitative estimate of drug-likeness (QED) is 0.527. The summed E-state index contributed by atoms with van der Waals surface area (Å²) >= 11 is 0. The first kappa shape index (κ1) is 21.4. The van der Waals surface area contributed by atoms with Gasteiger partial charge in [-0.1, -0.05) is 55.8 Å². The van der Waals surface area contributed by atoms with Gasteiger partial charge in [-0.15, -0.1) is 0 Å². The van der Waals surface area contributed by atoms with Crippen molar-refractivity contribution in [1.82, 2.24) is 20.7 Å². The van der Waals surface area contributed by atoms with Crippen molar-refractivity contribution in [3.05, 3.63) is 52.9 Å². The van der Waals surface area contributed by atoms with Crippen molar-refractivity contribution in [2.45, 2.75) is 65.1 Å². The Hall–Kier alpha value is -2.34. The molecule has 0 bridgehead atoms. The third-order valence-electron chi connectivity index (χ3n) is 5.75. The first-order valence-electron chi connectivity index (χ1n) is 10.9. The van der Waals surface area contributed by atoms with Crippen molar-refractivity contribution in [2.75, 3.05) is 20.1 Å². The molecule has 0 amide bonds. The fraction of sp³-hybridized carbons (Fsp3) is 0.565. The molecule has 1 aliphatic rings. The van der Waals surface area contributed by atoms with Crippen LogP contribution in [0.25, 0.3) is 0 Å². The first-order valence-corrected chi connectivity index (χ1v) is 10.9. The Morgan fingerprint density at radius 2 is 2.00 bits per heavy atom. The van der Waals surface area contributed by atoms with Crippen molar-refractivity contribution in [3.63, 3.8) is 0 Å². The van der Waals surface area contributed by atoms with Crippen LogP contribution in [0.3, 0.4) is 0 Å². The van der Waals surface area contributed by atoms with Crippen LogP contribution in [0.4, 0.5) is 0 Å². The highest BCUT2D eigenvalue weighted by atomic mass is 16.5. The van der Waals surface area contributed by atoms with E-state index in [1.807, 2.05) is 7.05 Å². The van der Waals surface area contributed by atoms with E-state index in [-0.39, 0.29) is 0 Å². The molecule has 0 spiro atoms. The van der Waals surface area contributed by atoms with Crippen molar-refractivity contribution < 1.29 is 4.52 Å². The second-order valence-electron chi connectivity index (χ2n) is 7.65. The van der Waals surface area contributed by atoms with E-state index in [0.717, 1.165) is 49.9 Å². The van der Waals surface area contributed by atoms with E-state index >= 15 is 0 Å². The smallest absolute Gasteiger partial charge is 0.191 e. The molecular formula is C23H35N5O. The zero-order chi connectivity index (χ0) is 20.5. The summed E-state index contributed by atoms with van der Waals surface area (Å²) in [7, 11) is 1.83. The standard InChI is InChI=1S/C23H35N5O/c1-4-21-20(22(5-2)29-27-21)16-26-23(24-3)25-15-19-13-9-10-14-28(19)17-18-11-7-6-8-12-18/h6-8,11-12,19H,4-5,9-10,13-17H2,1-3H3,(H2,24,25,26). The number of nitrogens with zero attached hydrogens (tertiary/aromatic N) is 3. The van der Waals surface area contributed by atoms with Gasteiger partial charge in [0.05, 0.1) is 5.69 Å². The van der Waals surface area contributed by atoms with Crippen LogP contribution in [-0.4, -0.2) is 42.2 Å². The van der Waals surface area contributed by atoms with Crippen LogP contribution in [0.15, 0.2) is 39.8 Å². The van der Waals surface area contributed by atoms with E-state index in [0.29, 0.717) is 12.6 Å². The fourth-order valence-electron chi connectivity index (χ4n) is 4.06. The van der Waals surface area contributed by atoms with E-state index in [1.165, 1.54) is 30.4 Å².